The molecule has 2 saturated heterocycles. The first-order valence-corrected chi connectivity index (χ1v) is 8.02. The highest BCUT2D eigenvalue weighted by Crippen LogP contribution is 2.10. The normalized spacial score (nSPS) is 27.5. The molecule has 2 fully saturated rings. The summed E-state index contributed by atoms with van der Waals surface area (Å²) in [5.41, 5.74) is 0. The lowest BCUT2D eigenvalue weighted by molar-refractivity contribution is -0.124. The van der Waals surface area contributed by atoms with Crippen LogP contribution in [0.1, 0.15) is 51.9 Å². The number of piperidine rings is 1. The van der Waals surface area contributed by atoms with E-state index in [0.29, 0.717) is 0 Å². The zero-order chi connectivity index (χ0) is 13.5. The molecule has 4 nitrogen and oxygen atoms in total. The topological polar surface area (TPSA) is 44.4 Å². The molecule has 0 bridgehead atoms. The molecule has 2 unspecified atom stereocenters. The first kappa shape index (κ1) is 14.8. The number of likely N-dealkylation sites (tertiary alicyclic amines) is 1. The Bertz CT molecular complexity index is 269. The van der Waals surface area contributed by atoms with Crippen LogP contribution in [0.4, 0.5) is 0 Å². The first-order valence-electron chi connectivity index (χ1n) is 8.02. The predicted molar refractivity (Wildman–Crippen MR) is 78.2 cm³/mol. The number of rotatable bonds is 4. The summed E-state index contributed by atoms with van der Waals surface area (Å²) >= 11 is 0. The van der Waals surface area contributed by atoms with Crippen molar-refractivity contribution in [3.8, 4) is 0 Å². The number of nitrogens with one attached hydrogen (secondary N) is 2. The molecule has 2 atom stereocenters. The molecular formula is C15H29N3O. The molecule has 0 radical (unpaired) electrons. The van der Waals surface area contributed by atoms with Gasteiger partial charge in [0.05, 0.1) is 6.04 Å². The summed E-state index contributed by atoms with van der Waals surface area (Å²) in [6.07, 6.45) is 8.60. The molecule has 0 aromatic carbocycles. The van der Waals surface area contributed by atoms with Gasteiger partial charge in [0.25, 0.3) is 0 Å². The van der Waals surface area contributed by atoms with Gasteiger partial charge in [-0.2, -0.15) is 0 Å². The highest BCUT2D eigenvalue weighted by molar-refractivity contribution is 5.82. The fourth-order valence-electron chi connectivity index (χ4n) is 3.17. The van der Waals surface area contributed by atoms with Gasteiger partial charge in [0.2, 0.25) is 5.91 Å². The summed E-state index contributed by atoms with van der Waals surface area (Å²) in [5, 5.41) is 6.55. The van der Waals surface area contributed by atoms with Gasteiger partial charge in [-0.25, -0.2) is 0 Å². The van der Waals surface area contributed by atoms with E-state index in [1.807, 2.05) is 0 Å². The van der Waals surface area contributed by atoms with Crippen LogP contribution < -0.4 is 10.6 Å². The zero-order valence-electron chi connectivity index (χ0n) is 12.3. The van der Waals surface area contributed by atoms with Gasteiger partial charge in [-0.15, -0.1) is 0 Å². The van der Waals surface area contributed by atoms with Gasteiger partial charge in [-0.3, -0.25) is 4.79 Å². The van der Waals surface area contributed by atoms with Gasteiger partial charge in [0, 0.05) is 12.6 Å². The van der Waals surface area contributed by atoms with Crippen molar-refractivity contribution in [2.75, 3.05) is 26.2 Å². The number of hydrogen-bond acceptors (Lipinski definition) is 3. The molecule has 0 aromatic heterocycles. The minimum atomic E-state index is 0.0336. The molecule has 2 aliphatic heterocycles. The third-order valence-corrected chi connectivity index (χ3v) is 4.25. The zero-order valence-corrected chi connectivity index (χ0v) is 12.3. The molecule has 0 aromatic rings. The van der Waals surface area contributed by atoms with Crippen molar-refractivity contribution >= 4 is 5.91 Å². The quantitative estimate of drug-likeness (QED) is 0.811. The standard InChI is InChI=1S/C15H29N3O/c1-13(12-18-10-6-3-7-11-18)17-15(19)14-8-4-2-5-9-16-14/h13-14,16H,2-12H2,1H3,(H,17,19). The summed E-state index contributed by atoms with van der Waals surface area (Å²) in [6, 6.07) is 0.293. The van der Waals surface area contributed by atoms with Gasteiger partial charge < -0.3 is 15.5 Å². The summed E-state index contributed by atoms with van der Waals surface area (Å²) in [5.74, 6) is 0.200. The molecule has 110 valence electrons. The SMILES string of the molecule is CC(CN1CCCCC1)NC(=O)C1CCCCCN1. The van der Waals surface area contributed by atoms with E-state index in [1.54, 1.807) is 0 Å². The molecule has 1 amide bonds. The lowest BCUT2D eigenvalue weighted by Crippen LogP contribution is -2.50. The lowest BCUT2D eigenvalue weighted by atomic mass is 10.1. The second-order valence-electron chi connectivity index (χ2n) is 6.13. The van der Waals surface area contributed by atoms with Gasteiger partial charge >= 0.3 is 0 Å². The molecule has 4 heteroatoms. The van der Waals surface area contributed by atoms with E-state index in [2.05, 4.69) is 22.5 Å². The van der Waals surface area contributed by atoms with E-state index in [0.717, 1.165) is 19.5 Å². The molecule has 0 spiro atoms. The van der Waals surface area contributed by atoms with Gasteiger partial charge in [0.15, 0.2) is 0 Å². The summed E-state index contributed by atoms with van der Waals surface area (Å²) in [4.78, 5) is 14.7. The van der Waals surface area contributed by atoms with Crippen LogP contribution in [0.3, 0.4) is 0 Å². The first-order chi connectivity index (χ1) is 9.25. The molecule has 0 aliphatic carbocycles. The fourth-order valence-corrected chi connectivity index (χ4v) is 3.17. The van der Waals surface area contributed by atoms with E-state index < -0.39 is 0 Å². The molecule has 2 heterocycles. The van der Waals surface area contributed by atoms with Crippen molar-refractivity contribution in [2.45, 2.75) is 64.0 Å². The highest BCUT2D eigenvalue weighted by Gasteiger charge is 2.21. The Morgan fingerprint density at radius 1 is 1.21 bits per heavy atom. The highest BCUT2D eigenvalue weighted by atomic mass is 16.2. The molecular weight excluding hydrogens is 238 g/mol. The number of amides is 1. The second kappa shape index (κ2) is 7.85. The fraction of sp³-hybridized carbons (Fsp3) is 0.933. The minimum Gasteiger partial charge on any atom is -0.351 e. The molecule has 19 heavy (non-hydrogen) atoms. The Hall–Kier alpha value is -0.610. The van der Waals surface area contributed by atoms with Crippen LogP contribution in [0.5, 0.6) is 0 Å². The average molecular weight is 267 g/mol. The van der Waals surface area contributed by atoms with E-state index in [1.165, 1.54) is 51.6 Å². The van der Waals surface area contributed by atoms with Crippen LogP contribution in [-0.4, -0.2) is 49.1 Å². The van der Waals surface area contributed by atoms with E-state index >= 15 is 0 Å². The van der Waals surface area contributed by atoms with Gasteiger partial charge in [0.1, 0.15) is 0 Å². The Morgan fingerprint density at radius 2 is 1.95 bits per heavy atom. The summed E-state index contributed by atoms with van der Waals surface area (Å²) < 4.78 is 0. The number of carbonyl (C=O) groups excluding carboxylic acids is 1. The second-order valence-corrected chi connectivity index (χ2v) is 6.13. The van der Waals surface area contributed by atoms with Crippen LogP contribution >= 0.6 is 0 Å². The van der Waals surface area contributed by atoms with Crippen molar-refractivity contribution in [1.82, 2.24) is 15.5 Å². The van der Waals surface area contributed by atoms with E-state index in [4.69, 9.17) is 0 Å². The molecule has 2 N–H and O–H groups in total. The molecule has 2 aliphatic rings. The van der Waals surface area contributed by atoms with Crippen LogP contribution in [0.2, 0.25) is 0 Å². The molecule has 0 saturated carbocycles. The maximum atomic E-state index is 12.2. The lowest BCUT2D eigenvalue weighted by Gasteiger charge is -2.30. The van der Waals surface area contributed by atoms with Crippen molar-refractivity contribution in [2.24, 2.45) is 0 Å². The van der Waals surface area contributed by atoms with Gasteiger partial charge in [-0.1, -0.05) is 19.3 Å². The summed E-state index contributed by atoms with van der Waals surface area (Å²) in [6.45, 7) is 6.50. The number of carbonyl (C=O) groups is 1. The Morgan fingerprint density at radius 3 is 2.74 bits per heavy atom. The third-order valence-electron chi connectivity index (χ3n) is 4.25. The van der Waals surface area contributed by atoms with Crippen molar-refractivity contribution in [3.05, 3.63) is 0 Å². The largest absolute Gasteiger partial charge is 0.351 e. The minimum absolute atomic E-state index is 0.0336. The van der Waals surface area contributed by atoms with Crippen LogP contribution in [-0.2, 0) is 4.79 Å². The smallest absolute Gasteiger partial charge is 0.237 e. The average Bonchev–Trinajstić information content (AvgIpc) is 2.68. The monoisotopic (exact) mass is 267 g/mol. The predicted octanol–water partition coefficient (Wildman–Crippen LogP) is 1.51. The van der Waals surface area contributed by atoms with Gasteiger partial charge in [-0.05, 0) is 52.2 Å². The van der Waals surface area contributed by atoms with Crippen LogP contribution in [0.25, 0.3) is 0 Å². The van der Waals surface area contributed by atoms with E-state index in [9.17, 15) is 4.79 Å². The Balaban J connectivity index is 1.70. The maximum absolute atomic E-state index is 12.2. The Kier molecular flexibility index (Phi) is 6.11. The third kappa shape index (κ3) is 5.11. The van der Waals surface area contributed by atoms with Crippen molar-refractivity contribution in [3.63, 3.8) is 0 Å². The Labute approximate surface area is 117 Å². The maximum Gasteiger partial charge on any atom is 0.237 e. The van der Waals surface area contributed by atoms with Crippen LogP contribution in [0, 0.1) is 0 Å². The van der Waals surface area contributed by atoms with Crippen molar-refractivity contribution < 1.29 is 4.79 Å². The summed E-state index contributed by atoms with van der Waals surface area (Å²) in [7, 11) is 0. The number of hydrogen-bond donors (Lipinski definition) is 2. The number of nitrogens with zero attached hydrogens (tertiary/aromatic N) is 1. The van der Waals surface area contributed by atoms with Crippen LogP contribution in [0.15, 0.2) is 0 Å². The molecule has 2 rings (SSSR count). The van der Waals surface area contributed by atoms with Crippen molar-refractivity contribution in [1.29, 1.82) is 0 Å². The van der Waals surface area contributed by atoms with E-state index in [-0.39, 0.29) is 18.0 Å².